The topological polar surface area (TPSA) is 41.8 Å². The Morgan fingerprint density at radius 2 is 0.900 bits per heavy atom. The molecule has 188 valence electrons. The molecule has 0 spiro atoms. The molecule has 0 bridgehead atoms. The molecular formula is C38H26N2. The first-order chi connectivity index (χ1) is 19.8. The van der Waals surface area contributed by atoms with E-state index in [1.54, 1.807) is 0 Å². The zero-order valence-corrected chi connectivity index (χ0v) is 21.9. The third-order valence-electron chi connectivity index (χ3n) is 8.14. The SMILES string of the molecule is Nc1cc(-c2ccccc2)c2[nH]c3ccccc3c2c1-c1c2ccccc2c(-c2ccccc2)c2ccccc12. The van der Waals surface area contributed by atoms with Crippen LogP contribution in [0.2, 0.25) is 0 Å². The summed E-state index contributed by atoms with van der Waals surface area (Å²) >= 11 is 0. The Labute approximate surface area is 232 Å². The number of nitrogens with one attached hydrogen (secondary N) is 1. The van der Waals surface area contributed by atoms with E-state index in [4.69, 9.17) is 5.73 Å². The van der Waals surface area contributed by atoms with E-state index < -0.39 is 0 Å². The van der Waals surface area contributed by atoms with Gasteiger partial charge in [-0.3, -0.25) is 0 Å². The molecule has 0 atom stereocenters. The molecule has 8 aromatic rings. The fourth-order valence-electron chi connectivity index (χ4n) is 6.48. The molecule has 2 nitrogen and oxygen atoms in total. The third-order valence-corrected chi connectivity index (χ3v) is 8.14. The summed E-state index contributed by atoms with van der Waals surface area (Å²) in [5, 5.41) is 7.19. The van der Waals surface area contributed by atoms with Gasteiger partial charge in [-0.15, -0.1) is 0 Å². The second kappa shape index (κ2) is 8.86. The molecule has 0 aliphatic rings. The van der Waals surface area contributed by atoms with Crippen LogP contribution in [0, 0.1) is 0 Å². The molecule has 3 N–H and O–H groups in total. The molecule has 0 unspecified atom stereocenters. The molecule has 0 aliphatic carbocycles. The molecule has 0 aliphatic heterocycles. The number of benzene rings is 7. The fraction of sp³-hybridized carbons (Fsp3) is 0. The largest absolute Gasteiger partial charge is 0.398 e. The maximum Gasteiger partial charge on any atom is 0.0552 e. The molecule has 1 heterocycles. The number of fused-ring (bicyclic) bond motifs is 5. The van der Waals surface area contributed by atoms with Crippen LogP contribution in [0.3, 0.4) is 0 Å². The third kappa shape index (κ3) is 3.30. The van der Waals surface area contributed by atoms with E-state index in [-0.39, 0.29) is 0 Å². The predicted molar refractivity (Wildman–Crippen MR) is 172 cm³/mol. The van der Waals surface area contributed by atoms with Crippen molar-refractivity contribution < 1.29 is 0 Å². The maximum atomic E-state index is 7.12. The first-order valence-corrected chi connectivity index (χ1v) is 13.7. The number of H-pyrrole nitrogens is 1. The van der Waals surface area contributed by atoms with Crippen molar-refractivity contribution in [1.82, 2.24) is 4.98 Å². The van der Waals surface area contributed by atoms with Gasteiger partial charge in [-0.05, 0) is 50.4 Å². The van der Waals surface area contributed by atoms with Crippen LogP contribution in [0.1, 0.15) is 0 Å². The van der Waals surface area contributed by atoms with Gasteiger partial charge in [0.1, 0.15) is 0 Å². The summed E-state index contributed by atoms with van der Waals surface area (Å²) in [7, 11) is 0. The van der Waals surface area contributed by atoms with Gasteiger partial charge >= 0.3 is 0 Å². The van der Waals surface area contributed by atoms with Crippen LogP contribution in [0.5, 0.6) is 0 Å². The minimum Gasteiger partial charge on any atom is -0.398 e. The number of nitrogens with two attached hydrogens (primary N) is 1. The first kappa shape index (κ1) is 22.6. The Morgan fingerprint density at radius 1 is 0.425 bits per heavy atom. The lowest BCUT2D eigenvalue weighted by Gasteiger charge is -2.20. The van der Waals surface area contributed by atoms with Gasteiger partial charge in [0.2, 0.25) is 0 Å². The van der Waals surface area contributed by atoms with Crippen molar-refractivity contribution in [1.29, 1.82) is 0 Å². The van der Waals surface area contributed by atoms with Crippen molar-refractivity contribution in [2.75, 3.05) is 5.73 Å². The average molecular weight is 511 g/mol. The van der Waals surface area contributed by atoms with Gasteiger partial charge in [-0.2, -0.15) is 0 Å². The van der Waals surface area contributed by atoms with E-state index in [0.29, 0.717) is 0 Å². The Kier molecular flexibility index (Phi) is 5.01. The monoisotopic (exact) mass is 510 g/mol. The molecule has 1 aromatic heterocycles. The summed E-state index contributed by atoms with van der Waals surface area (Å²) in [6, 6.07) is 49.4. The minimum atomic E-state index is 0.777. The number of rotatable bonds is 3. The van der Waals surface area contributed by atoms with Gasteiger partial charge in [0.25, 0.3) is 0 Å². The molecule has 0 amide bonds. The highest BCUT2D eigenvalue weighted by molar-refractivity contribution is 6.29. The molecular weight excluding hydrogens is 484 g/mol. The van der Waals surface area contributed by atoms with Gasteiger partial charge < -0.3 is 10.7 Å². The Bertz CT molecular complexity index is 2150. The van der Waals surface area contributed by atoms with Gasteiger partial charge in [0, 0.05) is 38.7 Å². The minimum absolute atomic E-state index is 0.777. The quantitative estimate of drug-likeness (QED) is 0.180. The van der Waals surface area contributed by atoms with E-state index >= 15 is 0 Å². The standard InChI is InChI=1S/C38H26N2/c39-32-23-31(24-13-3-1-4-14-24)38-36(30-21-11-12-22-33(30)40-38)37(32)35-28-19-9-7-17-26(28)34(25-15-5-2-6-16-25)27-18-8-10-20-29(27)35/h1-23,40H,39H2. The van der Waals surface area contributed by atoms with Crippen LogP contribution < -0.4 is 5.73 Å². The van der Waals surface area contributed by atoms with Crippen LogP contribution in [0.25, 0.3) is 76.7 Å². The van der Waals surface area contributed by atoms with Crippen molar-refractivity contribution in [3.8, 4) is 33.4 Å². The Balaban J connectivity index is 1.59. The second-order valence-electron chi connectivity index (χ2n) is 10.4. The van der Waals surface area contributed by atoms with E-state index in [1.165, 1.54) is 43.6 Å². The van der Waals surface area contributed by atoms with Crippen LogP contribution in [0.4, 0.5) is 5.69 Å². The van der Waals surface area contributed by atoms with Crippen molar-refractivity contribution in [2.45, 2.75) is 0 Å². The number of hydrogen-bond donors (Lipinski definition) is 2. The van der Waals surface area contributed by atoms with Crippen LogP contribution >= 0.6 is 0 Å². The fourth-order valence-corrected chi connectivity index (χ4v) is 6.48. The average Bonchev–Trinajstić information content (AvgIpc) is 3.40. The highest BCUT2D eigenvalue weighted by Gasteiger charge is 2.23. The number of aromatic nitrogens is 1. The van der Waals surface area contributed by atoms with Crippen molar-refractivity contribution in [2.24, 2.45) is 0 Å². The van der Waals surface area contributed by atoms with E-state index in [2.05, 4.69) is 145 Å². The van der Waals surface area contributed by atoms with Gasteiger partial charge in [0.05, 0.1) is 5.52 Å². The van der Waals surface area contributed by atoms with Gasteiger partial charge in [-0.1, -0.05) is 127 Å². The van der Waals surface area contributed by atoms with Gasteiger partial charge in [0.15, 0.2) is 0 Å². The summed E-state index contributed by atoms with van der Waals surface area (Å²) in [4.78, 5) is 3.76. The molecule has 0 saturated heterocycles. The number of hydrogen-bond acceptors (Lipinski definition) is 1. The van der Waals surface area contributed by atoms with Crippen molar-refractivity contribution in [3.05, 3.63) is 140 Å². The summed E-state index contributed by atoms with van der Waals surface area (Å²) in [5.74, 6) is 0. The van der Waals surface area contributed by atoms with Crippen molar-refractivity contribution >= 4 is 49.0 Å². The lowest BCUT2D eigenvalue weighted by molar-refractivity contribution is 1.53. The normalized spacial score (nSPS) is 11.6. The van der Waals surface area contributed by atoms with Crippen LogP contribution in [0.15, 0.2) is 140 Å². The van der Waals surface area contributed by atoms with Crippen molar-refractivity contribution in [3.63, 3.8) is 0 Å². The predicted octanol–water partition coefficient (Wildman–Crippen LogP) is 10.2. The molecule has 8 rings (SSSR count). The zero-order chi connectivity index (χ0) is 26.6. The molecule has 40 heavy (non-hydrogen) atoms. The van der Waals surface area contributed by atoms with Crippen LogP contribution in [-0.4, -0.2) is 4.98 Å². The van der Waals surface area contributed by atoms with E-state index in [0.717, 1.165) is 38.8 Å². The summed E-state index contributed by atoms with van der Waals surface area (Å²) in [6.45, 7) is 0. The number of aromatic amines is 1. The van der Waals surface area contributed by atoms with Gasteiger partial charge in [-0.25, -0.2) is 0 Å². The second-order valence-corrected chi connectivity index (χ2v) is 10.4. The van der Waals surface area contributed by atoms with E-state index in [1.807, 2.05) is 0 Å². The molecule has 0 fully saturated rings. The Hall–Kier alpha value is -5.34. The molecule has 0 radical (unpaired) electrons. The Morgan fingerprint density at radius 3 is 1.50 bits per heavy atom. The lowest BCUT2D eigenvalue weighted by Crippen LogP contribution is -1.97. The lowest BCUT2D eigenvalue weighted by atomic mass is 9.83. The maximum absolute atomic E-state index is 7.12. The summed E-state index contributed by atoms with van der Waals surface area (Å²) < 4.78 is 0. The highest BCUT2D eigenvalue weighted by Crippen LogP contribution is 2.49. The molecule has 0 saturated carbocycles. The molecule has 7 aromatic carbocycles. The number of anilines is 1. The summed E-state index contributed by atoms with van der Waals surface area (Å²) in [5.41, 5.74) is 17.1. The summed E-state index contributed by atoms with van der Waals surface area (Å²) in [6.07, 6.45) is 0. The molecule has 2 heteroatoms. The zero-order valence-electron chi connectivity index (χ0n) is 21.9. The van der Waals surface area contributed by atoms with E-state index in [9.17, 15) is 0 Å². The number of nitrogen functional groups attached to an aromatic ring is 1. The number of para-hydroxylation sites is 1. The van der Waals surface area contributed by atoms with Crippen LogP contribution in [-0.2, 0) is 0 Å². The smallest absolute Gasteiger partial charge is 0.0552 e. The first-order valence-electron chi connectivity index (χ1n) is 13.7. The highest BCUT2D eigenvalue weighted by atomic mass is 14.7.